The van der Waals surface area contributed by atoms with Gasteiger partial charge in [-0.15, -0.1) is 0 Å². The molecular weight excluding hydrogens is 309 g/mol. The number of nitrogens with zero attached hydrogens (tertiary/aromatic N) is 1. The molecule has 0 radical (unpaired) electrons. The second kappa shape index (κ2) is 6.17. The summed E-state index contributed by atoms with van der Waals surface area (Å²) < 4.78 is 60.8. The van der Waals surface area contributed by atoms with Crippen LogP contribution in [0.15, 0.2) is 23.1 Å². The summed E-state index contributed by atoms with van der Waals surface area (Å²) in [5.41, 5.74) is 0.250. The van der Waals surface area contributed by atoms with Gasteiger partial charge in [-0.2, -0.15) is 4.31 Å². The Hall–Kier alpha value is -1.03. The largest absolute Gasteiger partial charge is 0.392 e. The summed E-state index contributed by atoms with van der Waals surface area (Å²) in [6.45, 7) is -0.663. The van der Waals surface area contributed by atoms with Gasteiger partial charge in [0.1, 0.15) is 20.5 Å². The highest BCUT2D eigenvalue weighted by atomic mass is 32.2. The lowest BCUT2D eigenvalue weighted by molar-refractivity contribution is 0.281. The number of halogens is 1. The standard InChI is InChI=1S/C11H16FNO5S2/c1-13(5-6-19(2,15)16)20(17,18)11-4-3-9(8-14)7-10(11)12/h3-4,7,14H,5-6,8H2,1-2H3. The van der Waals surface area contributed by atoms with Crippen molar-refractivity contribution >= 4 is 19.9 Å². The Labute approximate surface area is 117 Å². The van der Waals surface area contributed by atoms with E-state index in [1.165, 1.54) is 13.1 Å². The molecule has 1 aromatic rings. The highest BCUT2D eigenvalue weighted by Gasteiger charge is 2.25. The molecule has 0 aliphatic carbocycles. The van der Waals surface area contributed by atoms with Crippen LogP contribution in [0.3, 0.4) is 0 Å². The molecule has 0 heterocycles. The topological polar surface area (TPSA) is 91.8 Å². The van der Waals surface area contributed by atoms with Gasteiger partial charge in [0, 0.05) is 19.8 Å². The first-order chi connectivity index (χ1) is 9.08. The minimum absolute atomic E-state index is 0.250. The number of sulfone groups is 1. The summed E-state index contributed by atoms with van der Waals surface area (Å²) >= 11 is 0. The number of sulfonamides is 1. The smallest absolute Gasteiger partial charge is 0.245 e. The number of aliphatic hydroxyl groups is 1. The van der Waals surface area contributed by atoms with E-state index in [0.29, 0.717) is 0 Å². The summed E-state index contributed by atoms with van der Waals surface area (Å²) in [6, 6.07) is 3.27. The minimum atomic E-state index is -4.10. The van der Waals surface area contributed by atoms with E-state index in [1.54, 1.807) is 0 Å². The Balaban J connectivity index is 3.04. The summed E-state index contributed by atoms with van der Waals surface area (Å²) in [6.07, 6.45) is 0.990. The number of rotatable bonds is 6. The first-order valence-electron chi connectivity index (χ1n) is 5.61. The molecule has 0 aromatic heterocycles. The van der Waals surface area contributed by atoms with E-state index in [2.05, 4.69) is 0 Å². The van der Waals surface area contributed by atoms with Crippen LogP contribution in [0.25, 0.3) is 0 Å². The maximum atomic E-state index is 13.7. The normalized spacial score (nSPS) is 12.8. The molecule has 0 bridgehead atoms. The lowest BCUT2D eigenvalue weighted by Crippen LogP contribution is -2.32. The monoisotopic (exact) mass is 325 g/mol. The van der Waals surface area contributed by atoms with E-state index >= 15 is 0 Å². The van der Waals surface area contributed by atoms with Gasteiger partial charge in [-0.25, -0.2) is 21.2 Å². The molecule has 0 aliphatic rings. The number of benzene rings is 1. The Bertz CT molecular complexity index is 685. The first kappa shape index (κ1) is 17.0. The highest BCUT2D eigenvalue weighted by Crippen LogP contribution is 2.19. The first-order valence-corrected chi connectivity index (χ1v) is 9.11. The van der Waals surface area contributed by atoms with E-state index in [-0.39, 0.29) is 17.9 Å². The van der Waals surface area contributed by atoms with Crippen LogP contribution in [-0.2, 0) is 26.5 Å². The van der Waals surface area contributed by atoms with Crippen LogP contribution in [0.4, 0.5) is 4.39 Å². The maximum Gasteiger partial charge on any atom is 0.245 e. The van der Waals surface area contributed by atoms with Crippen molar-refractivity contribution in [2.75, 3.05) is 25.6 Å². The lowest BCUT2D eigenvalue weighted by Gasteiger charge is -2.17. The van der Waals surface area contributed by atoms with Crippen molar-refractivity contribution in [3.63, 3.8) is 0 Å². The van der Waals surface area contributed by atoms with Crippen molar-refractivity contribution in [3.05, 3.63) is 29.6 Å². The Kier molecular flexibility index (Phi) is 5.25. The van der Waals surface area contributed by atoms with Gasteiger partial charge in [0.15, 0.2) is 0 Å². The summed E-state index contributed by atoms with van der Waals surface area (Å²) in [4.78, 5) is -0.550. The van der Waals surface area contributed by atoms with Gasteiger partial charge in [-0.3, -0.25) is 0 Å². The predicted molar refractivity (Wildman–Crippen MR) is 71.8 cm³/mol. The van der Waals surface area contributed by atoms with Gasteiger partial charge in [0.05, 0.1) is 12.4 Å². The van der Waals surface area contributed by atoms with Gasteiger partial charge in [0.25, 0.3) is 0 Å². The van der Waals surface area contributed by atoms with E-state index in [0.717, 1.165) is 22.7 Å². The van der Waals surface area contributed by atoms with E-state index in [1.807, 2.05) is 0 Å². The fourth-order valence-electron chi connectivity index (χ4n) is 1.43. The summed E-state index contributed by atoms with van der Waals surface area (Å²) in [5.74, 6) is -1.33. The third-order valence-electron chi connectivity index (χ3n) is 2.64. The van der Waals surface area contributed by atoms with E-state index in [9.17, 15) is 21.2 Å². The third kappa shape index (κ3) is 4.23. The summed E-state index contributed by atoms with van der Waals surface area (Å²) in [5, 5.41) is 8.85. The Morgan fingerprint density at radius 1 is 1.25 bits per heavy atom. The quantitative estimate of drug-likeness (QED) is 0.794. The van der Waals surface area contributed by atoms with Crippen LogP contribution < -0.4 is 0 Å². The molecule has 6 nitrogen and oxygen atoms in total. The van der Waals surface area contributed by atoms with Crippen LogP contribution in [0, 0.1) is 5.82 Å². The molecule has 9 heteroatoms. The molecular formula is C11H16FNO5S2. The van der Waals surface area contributed by atoms with Crippen LogP contribution >= 0.6 is 0 Å². The van der Waals surface area contributed by atoms with Gasteiger partial charge in [-0.05, 0) is 17.7 Å². The number of hydrogen-bond donors (Lipinski definition) is 1. The summed E-state index contributed by atoms with van der Waals surface area (Å²) in [7, 11) is -6.24. The van der Waals surface area contributed by atoms with E-state index in [4.69, 9.17) is 5.11 Å². The van der Waals surface area contributed by atoms with Crippen molar-refractivity contribution in [1.29, 1.82) is 0 Å². The molecule has 1 N–H and O–H groups in total. The van der Waals surface area contributed by atoms with Crippen molar-refractivity contribution in [2.45, 2.75) is 11.5 Å². The van der Waals surface area contributed by atoms with Crippen molar-refractivity contribution < 1.29 is 26.3 Å². The Morgan fingerprint density at radius 2 is 1.85 bits per heavy atom. The molecule has 0 atom stereocenters. The van der Waals surface area contributed by atoms with Crippen molar-refractivity contribution in [2.24, 2.45) is 0 Å². The molecule has 0 aliphatic heterocycles. The van der Waals surface area contributed by atoms with E-state index < -0.39 is 37.2 Å². The van der Waals surface area contributed by atoms with Crippen LogP contribution in [-0.4, -0.2) is 51.8 Å². The molecule has 1 aromatic carbocycles. The fraction of sp³-hybridized carbons (Fsp3) is 0.455. The third-order valence-corrected chi connectivity index (χ3v) is 5.46. The van der Waals surface area contributed by atoms with Gasteiger partial charge >= 0.3 is 0 Å². The SMILES string of the molecule is CN(CCS(C)(=O)=O)S(=O)(=O)c1ccc(CO)cc1F. The van der Waals surface area contributed by atoms with Crippen molar-refractivity contribution in [1.82, 2.24) is 4.31 Å². The average Bonchev–Trinajstić information content (AvgIpc) is 2.34. The molecule has 0 saturated heterocycles. The van der Waals surface area contributed by atoms with Crippen LogP contribution in [0.1, 0.15) is 5.56 Å². The molecule has 1 rings (SSSR count). The molecule has 20 heavy (non-hydrogen) atoms. The molecule has 0 unspecified atom stereocenters. The van der Waals surface area contributed by atoms with Crippen molar-refractivity contribution in [3.8, 4) is 0 Å². The second-order valence-corrected chi connectivity index (χ2v) is 8.65. The van der Waals surface area contributed by atoms with Gasteiger partial charge in [0.2, 0.25) is 10.0 Å². The highest BCUT2D eigenvalue weighted by molar-refractivity contribution is 7.91. The molecule has 0 saturated carbocycles. The zero-order valence-corrected chi connectivity index (χ0v) is 12.7. The lowest BCUT2D eigenvalue weighted by atomic mass is 10.2. The minimum Gasteiger partial charge on any atom is -0.392 e. The molecule has 114 valence electrons. The Morgan fingerprint density at radius 3 is 2.30 bits per heavy atom. The van der Waals surface area contributed by atoms with Crippen LogP contribution in [0.2, 0.25) is 0 Å². The van der Waals surface area contributed by atoms with Gasteiger partial charge < -0.3 is 5.11 Å². The molecule has 0 amide bonds. The number of aliphatic hydroxyl groups excluding tert-OH is 1. The zero-order valence-electron chi connectivity index (χ0n) is 11.1. The number of hydrogen-bond acceptors (Lipinski definition) is 5. The predicted octanol–water partition coefficient (Wildman–Crippen LogP) is -0.0169. The maximum absolute atomic E-state index is 13.7. The second-order valence-electron chi connectivity index (χ2n) is 4.38. The fourth-order valence-corrected chi connectivity index (χ4v) is 3.37. The molecule has 0 fully saturated rings. The van der Waals surface area contributed by atoms with Gasteiger partial charge in [-0.1, -0.05) is 6.07 Å². The average molecular weight is 325 g/mol. The van der Waals surface area contributed by atoms with Crippen LogP contribution in [0.5, 0.6) is 0 Å². The zero-order chi connectivity index (χ0) is 15.6. The molecule has 0 spiro atoms.